The monoisotopic (exact) mass is 375 g/mol. The van der Waals surface area contributed by atoms with Crippen LogP contribution in [0, 0.1) is 0 Å². The SMILES string of the molecule is CCCCCCCCCCCCCCCC(=O)Cl.CCN(CC)CC. The molecule has 0 aliphatic heterocycles. The molecule has 0 aliphatic carbocycles. The first-order valence-electron chi connectivity index (χ1n) is 11.0. The fourth-order valence-electron chi connectivity index (χ4n) is 2.95. The largest absolute Gasteiger partial charge is 0.304 e. The van der Waals surface area contributed by atoms with E-state index in [1.165, 1.54) is 90.3 Å². The Morgan fingerprint density at radius 2 is 0.920 bits per heavy atom. The highest BCUT2D eigenvalue weighted by molar-refractivity contribution is 6.63. The number of hydrogen-bond acceptors (Lipinski definition) is 2. The highest BCUT2D eigenvalue weighted by Gasteiger charge is 1.96. The van der Waals surface area contributed by atoms with Crippen LogP contribution in [0.3, 0.4) is 0 Å². The molecule has 25 heavy (non-hydrogen) atoms. The maximum absolute atomic E-state index is 10.5. The van der Waals surface area contributed by atoms with Crippen LogP contribution in [0.25, 0.3) is 0 Å². The average Bonchev–Trinajstić information content (AvgIpc) is 2.61. The Hall–Kier alpha value is -0.0800. The Balaban J connectivity index is 0. The molecule has 2 nitrogen and oxygen atoms in total. The standard InChI is InChI=1S/C16H31ClO.C6H15N/c1-2-3-4-5-6-7-8-9-10-11-12-13-14-15-16(17)18;1-4-7(5-2)6-3/h2-15H2,1H3;4-6H2,1-3H3. The number of hydrogen-bond donors (Lipinski definition) is 0. The van der Waals surface area contributed by atoms with Gasteiger partial charge in [0.05, 0.1) is 0 Å². The van der Waals surface area contributed by atoms with Gasteiger partial charge in [0.2, 0.25) is 5.24 Å². The molecule has 0 aromatic rings. The van der Waals surface area contributed by atoms with E-state index in [9.17, 15) is 4.79 Å². The summed E-state index contributed by atoms with van der Waals surface area (Å²) in [7, 11) is 0. The van der Waals surface area contributed by atoms with Crippen molar-refractivity contribution in [2.45, 2.75) is 118 Å². The van der Waals surface area contributed by atoms with Gasteiger partial charge in [0.15, 0.2) is 0 Å². The Morgan fingerprint density at radius 1 is 0.600 bits per heavy atom. The lowest BCUT2D eigenvalue weighted by molar-refractivity contribution is -0.111. The molecular formula is C22H46ClNO. The van der Waals surface area contributed by atoms with Crippen molar-refractivity contribution >= 4 is 16.8 Å². The van der Waals surface area contributed by atoms with E-state index in [1.54, 1.807) is 0 Å². The zero-order valence-electron chi connectivity index (χ0n) is 17.8. The molecule has 0 heterocycles. The fraction of sp³-hybridized carbons (Fsp3) is 0.955. The second-order valence-electron chi connectivity index (χ2n) is 6.97. The van der Waals surface area contributed by atoms with E-state index in [1.807, 2.05) is 0 Å². The Kier molecular flexibility index (Phi) is 26.0. The minimum Gasteiger partial charge on any atom is -0.304 e. The molecule has 0 aliphatic rings. The summed E-state index contributed by atoms with van der Waals surface area (Å²) in [5.41, 5.74) is 0. The van der Waals surface area contributed by atoms with Crippen LogP contribution >= 0.6 is 11.6 Å². The second kappa shape index (κ2) is 23.9. The summed E-state index contributed by atoms with van der Waals surface area (Å²) in [6, 6.07) is 0. The van der Waals surface area contributed by atoms with Crippen LogP contribution in [0.2, 0.25) is 0 Å². The van der Waals surface area contributed by atoms with Crippen LogP contribution in [-0.2, 0) is 4.79 Å². The van der Waals surface area contributed by atoms with E-state index in [0.717, 1.165) is 12.8 Å². The summed E-state index contributed by atoms with van der Waals surface area (Å²) < 4.78 is 0. The van der Waals surface area contributed by atoms with Crippen molar-refractivity contribution < 1.29 is 4.79 Å². The Bertz CT molecular complexity index is 249. The summed E-state index contributed by atoms with van der Waals surface area (Å²) in [6.45, 7) is 12.4. The number of carbonyl (C=O) groups is 1. The van der Waals surface area contributed by atoms with Crippen LogP contribution in [0.15, 0.2) is 0 Å². The number of unbranched alkanes of at least 4 members (excludes halogenated alkanes) is 12. The van der Waals surface area contributed by atoms with Crippen molar-refractivity contribution in [2.75, 3.05) is 19.6 Å². The van der Waals surface area contributed by atoms with Gasteiger partial charge in [0.25, 0.3) is 0 Å². The third-order valence-electron chi connectivity index (χ3n) is 4.82. The molecule has 0 saturated carbocycles. The van der Waals surface area contributed by atoms with E-state index in [0.29, 0.717) is 6.42 Å². The molecule has 3 heteroatoms. The van der Waals surface area contributed by atoms with Gasteiger partial charge in [-0.2, -0.15) is 0 Å². The van der Waals surface area contributed by atoms with Crippen LogP contribution in [-0.4, -0.2) is 29.8 Å². The van der Waals surface area contributed by atoms with Crippen LogP contribution in [0.5, 0.6) is 0 Å². The predicted molar refractivity (Wildman–Crippen MR) is 115 cm³/mol. The number of rotatable bonds is 17. The van der Waals surface area contributed by atoms with Gasteiger partial charge in [-0.3, -0.25) is 4.79 Å². The first-order valence-corrected chi connectivity index (χ1v) is 11.4. The Labute approximate surface area is 164 Å². The van der Waals surface area contributed by atoms with Crippen molar-refractivity contribution in [1.29, 1.82) is 0 Å². The normalized spacial score (nSPS) is 10.6. The predicted octanol–water partition coefficient (Wildman–Crippen LogP) is 7.58. The molecule has 0 spiro atoms. The van der Waals surface area contributed by atoms with Crippen LogP contribution in [0.4, 0.5) is 0 Å². The second-order valence-corrected chi connectivity index (χ2v) is 7.39. The molecule has 0 bridgehead atoms. The number of carbonyl (C=O) groups excluding carboxylic acids is 1. The zero-order valence-corrected chi connectivity index (χ0v) is 18.5. The van der Waals surface area contributed by atoms with E-state index in [2.05, 4.69) is 32.6 Å². The van der Waals surface area contributed by atoms with Gasteiger partial charge in [-0.05, 0) is 37.7 Å². The van der Waals surface area contributed by atoms with Gasteiger partial charge in [-0.1, -0.05) is 105 Å². The molecule has 0 rings (SSSR count). The van der Waals surface area contributed by atoms with Crippen molar-refractivity contribution in [3.63, 3.8) is 0 Å². The van der Waals surface area contributed by atoms with E-state index < -0.39 is 0 Å². The topological polar surface area (TPSA) is 20.3 Å². The van der Waals surface area contributed by atoms with Gasteiger partial charge >= 0.3 is 0 Å². The molecule has 0 fully saturated rings. The molecule has 0 radical (unpaired) electrons. The summed E-state index contributed by atoms with van der Waals surface area (Å²) in [5, 5.41) is -0.182. The maximum atomic E-state index is 10.5. The third-order valence-corrected chi connectivity index (χ3v) is 5.01. The molecule has 0 aromatic carbocycles. The minimum atomic E-state index is -0.182. The van der Waals surface area contributed by atoms with E-state index >= 15 is 0 Å². The van der Waals surface area contributed by atoms with E-state index in [4.69, 9.17) is 11.6 Å². The van der Waals surface area contributed by atoms with E-state index in [-0.39, 0.29) is 5.24 Å². The lowest BCUT2D eigenvalue weighted by Gasteiger charge is -2.13. The number of nitrogens with zero attached hydrogens (tertiary/aromatic N) is 1. The summed E-state index contributed by atoms with van der Waals surface area (Å²) >= 11 is 5.28. The highest BCUT2D eigenvalue weighted by atomic mass is 35.5. The molecule has 0 amide bonds. The van der Waals surface area contributed by atoms with Crippen molar-refractivity contribution in [2.24, 2.45) is 0 Å². The maximum Gasteiger partial charge on any atom is 0.221 e. The van der Waals surface area contributed by atoms with Crippen molar-refractivity contribution in [3.8, 4) is 0 Å². The summed E-state index contributed by atoms with van der Waals surface area (Å²) in [4.78, 5) is 12.9. The van der Waals surface area contributed by atoms with Gasteiger partial charge < -0.3 is 4.90 Å². The molecule has 0 atom stereocenters. The number of halogens is 1. The lowest BCUT2D eigenvalue weighted by atomic mass is 10.0. The molecule has 0 unspecified atom stereocenters. The molecular weight excluding hydrogens is 330 g/mol. The summed E-state index contributed by atoms with van der Waals surface area (Å²) in [6.07, 6.45) is 17.9. The lowest BCUT2D eigenvalue weighted by Crippen LogP contribution is -2.21. The van der Waals surface area contributed by atoms with Gasteiger partial charge in [-0.15, -0.1) is 0 Å². The third kappa shape index (κ3) is 26.3. The quantitative estimate of drug-likeness (QED) is 0.193. The molecule has 0 saturated heterocycles. The van der Waals surface area contributed by atoms with Gasteiger partial charge in [0.1, 0.15) is 0 Å². The summed E-state index contributed by atoms with van der Waals surface area (Å²) in [5.74, 6) is 0. The smallest absolute Gasteiger partial charge is 0.221 e. The fourth-order valence-corrected chi connectivity index (χ4v) is 3.09. The highest BCUT2D eigenvalue weighted by Crippen LogP contribution is 2.13. The minimum absolute atomic E-state index is 0.182. The molecule has 152 valence electrons. The van der Waals surface area contributed by atoms with Gasteiger partial charge in [0, 0.05) is 6.42 Å². The van der Waals surface area contributed by atoms with Crippen LogP contribution < -0.4 is 0 Å². The van der Waals surface area contributed by atoms with Crippen molar-refractivity contribution in [3.05, 3.63) is 0 Å². The zero-order chi connectivity index (χ0) is 19.2. The van der Waals surface area contributed by atoms with Gasteiger partial charge in [-0.25, -0.2) is 0 Å². The first-order chi connectivity index (χ1) is 12.1. The molecule has 0 aromatic heterocycles. The first kappa shape index (κ1) is 27.1. The Morgan fingerprint density at radius 3 is 1.16 bits per heavy atom. The average molecular weight is 376 g/mol. The molecule has 0 N–H and O–H groups in total. The van der Waals surface area contributed by atoms with Crippen LogP contribution in [0.1, 0.15) is 118 Å². The van der Waals surface area contributed by atoms with Crippen molar-refractivity contribution in [1.82, 2.24) is 4.90 Å².